The molecule has 4 nitrogen and oxygen atoms in total. The average Bonchev–Trinajstić information content (AvgIpc) is 2.43. The minimum atomic E-state index is -0.114. The lowest BCUT2D eigenvalue weighted by Crippen LogP contribution is -2.25. The Morgan fingerprint density at radius 3 is 3.00 bits per heavy atom. The molecule has 5 heteroatoms. The fourth-order valence-electron chi connectivity index (χ4n) is 1.64. The summed E-state index contributed by atoms with van der Waals surface area (Å²) >= 11 is 1.48. The van der Waals surface area contributed by atoms with E-state index in [1.807, 2.05) is 18.2 Å². The highest BCUT2D eigenvalue weighted by molar-refractivity contribution is 8.00. The third-order valence-electron chi connectivity index (χ3n) is 2.60. The fraction of sp³-hybridized carbons (Fsp3) is 0.429. The van der Waals surface area contributed by atoms with Gasteiger partial charge in [-0.3, -0.25) is 4.79 Å². The number of nitrogens with one attached hydrogen (secondary N) is 2. The van der Waals surface area contributed by atoms with Crippen LogP contribution in [0, 0.1) is 11.3 Å². The van der Waals surface area contributed by atoms with E-state index in [1.54, 1.807) is 0 Å². The van der Waals surface area contributed by atoms with Crippen LogP contribution in [-0.4, -0.2) is 24.7 Å². The van der Waals surface area contributed by atoms with Gasteiger partial charge in [0.2, 0.25) is 5.91 Å². The van der Waals surface area contributed by atoms with E-state index in [0.29, 0.717) is 11.8 Å². The standard InChI is InChI=1S/C14H19N3OS/c1-3-16-11(2)12-5-4-6-13(9-12)19-10-14(18)17-8-7-15/h4-6,9,11,16H,3,8,10H2,1-2H3,(H,17,18). The van der Waals surface area contributed by atoms with E-state index in [4.69, 9.17) is 5.26 Å². The molecule has 19 heavy (non-hydrogen) atoms. The van der Waals surface area contributed by atoms with Gasteiger partial charge in [-0.1, -0.05) is 19.1 Å². The lowest BCUT2D eigenvalue weighted by atomic mass is 10.1. The Kier molecular flexibility index (Phi) is 7.01. The van der Waals surface area contributed by atoms with Gasteiger partial charge in [-0.15, -0.1) is 11.8 Å². The minimum Gasteiger partial charge on any atom is -0.342 e. The van der Waals surface area contributed by atoms with Crippen molar-refractivity contribution < 1.29 is 4.79 Å². The third kappa shape index (κ3) is 5.77. The Bertz CT molecular complexity index is 456. The van der Waals surface area contributed by atoms with Gasteiger partial charge >= 0.3 is 0 Å². The van der Waals surface area contributed by atoms with Crippen molar-refractivity contribution in [3.63, 3.8) is 0 Å². The normalized spacial score (nSPS) is 11.6. The smallest absolute Gasteiger partial charge is 0.231 e. The molecule has 1 amide bonds. The summed E-state index contributed by atoms with van der Waals surface area (Å²) in [5.74, 6) is 0.220. The van der Waals surface area contributed by atoms with Gasteiger partial charge in [0.25, 0.3) is 0 Å². The number of nitriles is 1. The monoisotopic (exact) mass is 277 g/mol. The summed E-state index contributed by atoms with van der Waals surface area (Å²) in [5, 5.41) is 14.3. The van der Waals surface area contributed by atoms with E-state index in [-0.39, 0.29) is 12.5 Å². The Hall–Kier alpha value is -1.51. The topological polar surface area (TPSA) is 64.9 Å². The molecule has 0 saturated carbocycles. The number of thioether (sulfide) groups is 1. The molecule has 0 aliphatic carbocycles. The Balaban J connectivity index is 2.53. The zero-order valence-corrected chi connectivity index (χ0v) is 12.1. The van der Waals surface area contributed by atoms with Gasteiger partial charge in [-0.2, -0.15) is 5.26 Å². The molecule has 0 saturated heterocycles. The molecule has 0 bridgehead atoms. The molecule has 1 rings (SSSR count). The molecule has 0 aliphatic rings. The number of benzene rings is 1. The van der Waals surface area contributed by atoms with E-state index in [9.17, 15) is 4.79 Å². The molecule has 0 fully saturated rings. The fourth-order valence-corrected chi connectivity index (χ4v) is 2.43. The van der Waals surface area contributed by atoms with Crippen molar-refractivity contribution in [2.75, 3.05) is 18.8 Å². The van der Waals surface area contributed by atoms with Crippen molar-refractivity contribution in [3.05, 3.63) is 29.8 Å². The van der Waals surface area contributed by atoms with E-state index in [1.165, 1.54) is 17.3 Å². The molecule has 0 radical (unpaired) electrons. The lowest BCUT2D eigenvalue weighted by Gasteiger charge is -2.13. The van der Waals surface area contributed by atoms with Gasteiger partial charge in [0.15, 0.2) is 0 Å². The number of hydrogen-bond donors (Lipinski definition) is 2. The van der Waals surface area contributed by atoms with E-state index < -0.39 is 0 Å². The number of rotatable bonds is 7. The van der Waals surface area contributed by atoms with Crippen molar-refractivity contribution in [1.29, 1.82) is 5.26 Å². The molecule has 1 atom stereocenters. The predicted octanol–water partition coefficient (Wildman–Crippen LogP) is 2.09. The van der Waals surface area contributed by atoms with Crippen molar-refractivity contribution in [1.82, 2.24) is 10.6 Å². The number of amides is 1. The SMILES string of the molecule is CCNC(C)c1cccc(SCC(=O)NCC#N)c1. The zero-order chi connectivity index (χ0) is 14.1. The summed E-state index contributed by atoms with van der Waals surface area (Å²) < 4.78 is 0. The highest BCUT2D eigenvalue weighted by Gasteiger charge is 2.06. The number of carbonyl (C=O) groups is 1. The van der Waals surface area contributed by atoms with Gasteiger partial charge in [-0.25, -0.2) is 0 Å². The van der Waals surface area contributed by atoms with Crippen LogP contribution in [0.4, 0.5) is 0 Å². The van der Waals surface area contributed by atoms with Gasteiger partial charge < -0.3 is 10.6 Å². The molecular formula is C14H19N3OS. The first-order chi connectivity index (χ1) is 9.17. The first-order valence-corrected chi connectivity index (χ1v) is 7.25. The summed E-state index contributed by atoms with van der Waals surface area (Å²) in [7, 11) is 0. The van der Waals surface area contributed by atoms with Gasteiger partial charge in [0.1, 0.15) is 6.54 Å². The minimum absolute atomic E-state index is 0.0664. The van der Waals surface area contributed by atoms with Crippen LogP contribution in [0.5, 0.6) is 0 Å². The van der Waals surface area contributed by atoms with Crippen LogP contribution in [-0.2, 0) is 4.79 Å². The second-order valence-corrected chi connectivity index (χ2v) is 5.12. The molecule has 0 aromatic heterocycles. The van der Waals surface area contributed by atoms with Gasteiger partial charge in [-0.05, 0) is 31.2 Å². The second-order valence-electron chi connectivity index (χ2n) is 4.08. The maximum Gasteiger partial charge on any atom is 0.231 e. The van der Waals surface area contributed by atoms with Crippen LogP contribution in [0.15, 0.2) is 29.2 Å². The highest BCUT2D eigenvalue weighted by atomic mass is 32.2. The first-order valence-electron chi connectivity index (χ1n) is 6.27. The Labute approximate surface area is 118 Å². The average molecular weight is 277 g/mol. The molecule has 1 aromatic carbocycles. The number of nitrogens with zero attached hydrogens (tertiary/aromatic N) is 1. The summed E-state index contributed by atoms with van der Waals surface area (Å²) in [6.45, 7) is 5.19. The molecule has 2 N–H and O–H groups in total. The van der Waals surface area contributed by atoms with Crippen LogP contribution < -0.4 is 10.6 Å². The quantitative estimate of drug-likeness (QED) is 0.591. The summed E-state index contributed by atoms with van der Waals surface area (Å²) in [6, 6.07) is 10.3. The Morgan fingerprint density at radius 1 is 1.53 bits per heavy atom. The molecule has 1 unspecified atom stereocenters. The van der Waals surface area contributed by atoms with E-state index >= 15 is 0 Å². The van der Waals surface area contributed by atoms with Crippen molar-refractivity contribution in [2.24, 2.45) is 0 Å². The van der Waals surface area contributed by atoms with Crippen LogP contribution in [0.25, 0.3) is 0 Å². The number of hydrogen-bond acceptors (Lipinski definition) is 4. The largest absolute Gasteiger partial charge is 0.342 e. The maximum absolute atomic E-state index is 11.4. The zero-order valence-electron chi connectivity index (χ0n) is 11.3. The van der Waals surface area contributed by atoms with Gasteiger partial charge in [0, 0.05) is 10.9 Å². The Morgan fingerprint density at radius 2 is 2.32 bits per heavy atom. The third-order valence-corrected chi connectivity index (χ3v) is 3.60. The van der Waals surface area contributed by atoms with E-state index in [2.05, 4.69) is 36.6 Å². The highest BCUT2D eigenvalue weighted by Crippen LogP contribution is 2.22. The van der Waals surface area contributed by atoms with Crippen LogP contribution in [0.3, 0.4) is 0 Å². The first kappa shape index (κ1) is 15.5. The van der Waals surface area contributed by atoms with Crippen molar-refractivity contribution >= 4 is 17.7 Å². The molecular weight excluding hydrogens is 258 g/mol. The maximum atomic E-state index is 11.4. The molecule has 1 aromatic rings. The molecule has 102 valence electrons. The van der Waals surface area contributed by atoms with Gasteiger partial charge in [0.05, 0.1) is 11.8 Å². The van der Waals surface area contributed by atoms with Crippen molar-refractivity contribution in [2.45, 2.75) is 24.8 Å². The summed E-state index contributed by atoms with van der Waals surface area (Å²) in [4.78, 5) is 12.5. The molecule has 0 aliphatic heterocycles. The molecule has 0 spiro atoms. The number of carbonyl (C=O) groups excluding carboxylic acids is 1. The predicted molar refractivity (Wildman–Crippen MR) is 77.9 cm³/mol. The van der Waals surface area contributed by atoms with Crippen LogP contribution >= 0.6 is 11.8 Å². The summed E-state index contributed by atoms with van der Waals surface area (Å²) in [5.41, 5.74) is 1.21. The second kappa shape index (κ2) is 8.57. The van der Waals surface area contributed by atoms with Crippen molar-refractivity contribution in [3.8, 4) is 6.07 Å². The summed E-state index contributed by atoms with van der Waals surface area (Å²) in [6.07, 6.45) is 0. The van der Waals surface area contributed by atoms with E-state index in [0.717, 1.165) is 11.4 Å². The van der Waals surface area contributed by atoms with Crippen LogP contribution in [0.2, 0.25) is 0 Å². The lowest BCUT2D eigenvalue weighted by molar-refractivity contribution is -0.118. The van der Waals surface area contributed by atoms with Crippen LogP contribution in [0.1, 0.15) is 25.5 Å². The molecule has 0 heterocycles.